The number of rotatable bonds is 5. The van der Waals surface area contributed by atoms with Gasteiger partial charge in [-0.15, -0.1) is 0 Å². The molecule has 1 aromatic heterocycles. The molecule has 0 bridgehead atoms. The number of benzene rings is 1. The third kappa shape index (κ3) is 4.30. The molecule has 0 fully saturated rings. The van der Waals surface area contributed by atoms with E-state index in [9.17, 15) is 9.59 Å². The van der Waals surface area contributed by atoms with E-state index in [4.69, 9.17) is 9.47 Å². The average Bonchev–Trinajstić information content (AvgIpc) is 2.76. The van der Waals surface area contributed by atoms with Gasteiger partial charge in [-0.25, -0.2) is 4.98 Å². The predicted molar refractivity (Wildman–Crippen MR) is 131 cm³/mol. The number of Topliss-reactive ketones (excluding diaryl/α,β-unsaturated/α-hetero) is 1. The number of aromatic nitrogens is 1. The molecule has 0 radical (unpaired) electrons. The second kappa shape index (κ2) is 8.97. The topological polar surface area (TPSA) is 89.5 Å². The summed E-state index contributed by atoms with van der Waals surface area (Å²) >= 11 is 0. The number of aryl methyl sites for hydroxylation is 1. The Morgan fingerprint density at radius 1 is 1.09 bits per heavy atom. The predicted octanol–water partition coefficient (Wildman–Crippen LogP) is 4.65. The van der Waals surface area contributed by atoms with Gasteiger partial charge >= 0.3 is 0 Å². The minimum atomic E-state index is -0.602. The van der Waals surface area contributed by atoms with E-state index in [-0.39, 0.29) is 17.1 Å². The molecule has 2 aromatic rings. The van der Waals surface area contributed by atoms with Gasteiger partial charge in [0.25, 0.3) is 5.91 Å². The maximum atomic E-state index is 13.7. The minimum absolute atomic E-state index is 0.0279. The summed E-state index contributed by atoms with van der Waals surface area (Å²) in [4.78, 5) is 31.6. The van der Waals surface area contributed by atoms with E-state index in [0.717, 1.165) is 11.4 Å². The standard InChI is InChI=1S/C27H31N3O4/c1-15-9-7-12-21(28-15)30-26(32)22-16(2)29-18-13-27(3,4)14-19(31)24(18)23(22)17-10-8-11-20(33-5)25(17)34-6/h7-12,23,29H,13-14H2,1-6H3,(H,28,30,32)/t23-/m1/s1. The van der Waals surface area contributed by atoms with Crippen LogP contribution in [-0.2, 0) is 9.59 Å². The fourth-order valence-corrected chi connectivity index (χ4v) is 4.98. The molecule has 2 aliphatic rings. The Bertz CT molecular complexity index is 1230. The molecule has 1 aromatic carbocycles. The van der Waals surface area contributed by atoms with Gasteiger partial charge in [0.05, 0.1) is 20.1 Å². The smallest absolute Gasteiger partial charge is 0.255 e. The van der Waals surface area contributed by atoms with Crippen LogP contribution in [0, 0.1) is 12.3 Å². The van der Waals surface area contributed by atoms with Gasteiger partial charge < -0.3 is 20.1 Å². The van der Waals surface area contributed by atoms with Crippen LogP contribution in [0.1, 0.15) is 50.8 Å². The minimum Gasteiger partial charge on any atom is -0.493 e. The number of carbonyl (C=O) groups is 2. The van der Waals surface area contributed by atoms with Crippen molar-refractivity contribution in [3.8, 4) is 11.5 Å². The highest BCUT2D eigenvalue weighted by Gasteiger charge is 2.43. The van der Waals surface area contributed by atoms with Crippen molar-refractivity contribution >= 4 is 17.5 Å². The van der Waals surface area contributed by atoms with E-state index >= 15 is 0 Å². The quantitative estimate of drug-likeness (QED) is 0.674. The molecule has 7 nitrogen and oxygen atoms in total. The lowest BCUT2D eigenvalue weighted by Crippen LogP contribution is -2.39. The lowest BCUT2D eigenvalue weighted by Gasteiger charge is -2.40. The number of pyridine rings is 1. The van der Waals surface area contributed by atoms with Crippen LogP contribution in [-0.4, -0.2) is 30.9 Å². The fourth-order valence-electron chi connectivity index (χ4n) is 4.98. The number of nitrogens with zero attached hydrogens (tertiary/aromatic N) is 1. The summed E-state index contributed by atoms with van der Waals surface area (Å²) in [6.45, 7) is 7.91. The van der Waals surface area contributed by atoms with Crippen LogP contribution in [0.2, 0.25) is 0 Å². The van der Waals surface area contributed by atoms with E-state index in [2.05, 4.69) is 29.5 Å². The van der Waals surface area contributed by atoms with Gasteiger partial charge in [-0.3, -0.25) is 9.59 Å². The van der Waals surface area contributed by atoms with Crippen LogP contribution in [0.4, 0.5) is 5.82 Å². The zero-order chi connectivity index (χ0) is 24.6. The molecule has 7 heteroatoms. The van der Waals surface area contributed by atoms with Gasteiger partial charge in [0.1, 0.15) is 5.82 Å². The van der Waals surface area contributed by atoms with E-state index < -0.39 is 5.92 Å². The van der Waals surface area contributed by atoms with Gasteiger partial charge in [0.15, 0.2) is 17.3 Å². The van der Waals surface area contributed by atoms with Crippen molar-refractivity contribution < 1.29 is 19.1 Å². The molecular weight excluding hydrogens is 430 g/mol. The van der Waals surface area contributed by atoms with E-state index in [0.29, 0.717) is 52.6 Å². The number of ketones is 1. The molecule has 1 atom stereocenters. The Morgan fingerprint density at radius 2 is 1.82 bits per heavy atom. The van der Waals surface area contributed by atoms with Crippen LogP contribution < -0.4 is 20.1 Å². The Hall–Kier alpha value is -3.61. The number of anilines is 1. The molecule has 1 aliphatic carbocycles. The zero-order valence-corrected chi connectivity index (χ0v) is 20.5. The normalized spacial score (nSPS) is 19.4. The molecule has 0 unspecified atom stereocenters. The van der Waals surface area contributed by atoms with E-state index in [1.54, 1.807) is 26.4 Å². The third-order valence-corrected chi connectivity index (χ3v) is 6.36. The molecule has 2 N–H and O–H groups in total. The number of hydrogen-bond acceptors (Lipinski definition) is 6. The zero-order valence-electron chi connectivity index (χ0n) is 20.5. The number of ether oxygens (including phenoxy) is 2. The van der Waals surface area contributed by atoms with Gasteiger partial charge in [0.2, 0.25) is 0 Å². The molecule has 1 amide bonds. The SMILES string of the molecule is COc1cccc([C@@H]2C(C(=O)Nc3cccc(C)n3)=C(C)NC3=C2C(=O)CC(C)(C)C3)c1OC. The third-order valence-electron chi connectivity index (χ3n) is 6.36. The van der Waals surface area contributed by atoms with Crippen molar-refractivity contribution in [2.75, 3.05) is 19.5 Å². The molecule has 34 heavy (non-hydrogen) atoms. The highest BCUT2D eigenvalue weighted by atomic mass is 16.5. The molecule has 1 aliphatic heterocycles. The first-order valence-corrected chi connectivity index (χ1v) is 11.3. The lowest BCUT2D eigenvalue weighted by molar-refractivity contribution is -0.118. The summed E-state index contributed by atoms with van der Waals surface area (Å²) < 4.78 is 11.3. The monoisotopic (exact) mass is 461 g/mol. The largest absolute Gasteiger partial charge is 0.493 e. The van der Waals surface area contributed by atoms with Crippen LogP contribution in [0.25, 0.3) is 0 Å². The van der Waals surface area contributed by atoms with Crippen molar-refractivity contribution in [1.82, 2.24) is 10.3 Å². The Morgan fingerprint density at radius 3 is 2.50 bits per heavy atom. The average molecular weight is 462 g/mol. The summed E-state index contributed by atoms with van der Waals surface area (Å²) in [6, 6.07) is 11.0. The molecule has 178 valence electrons. The maximum Gasteiger partial charge on any atom is 0.255 e. The Labute approximate surface area is 200 Å². The van der Waals surface area contributed by atoms with Crippen molar-refractivity contribution in [3.63, 3.8) is 0 Å². The van der Waals surface area contributed by atoms with Crippen LogP contribution in [0.3, 0.4) is 0 Å². The molecule has 4 rings (SSSR count). The van der Waals surface area contributed by atoms with Crippen molar-refractivity contribution in [2.24, 2.45) is 5.41 Å². The summed E-state index contributed by atoms with van der Waals surface area (Å²) in [6.07, 6.45) is 1.12. The second-order valence-corrected chi connectivity index (χ2v) is 9.63. The molecule has 0 saturated carbocycles. The first-order chi connectivity index (χ1) is 16.1. The number of carbonyl (C=O) groups excluding carboxylic acids is 2. The van der Waals surface area contributed by atoms with Gasteiger partial charge in [-0.05, 0) is 43.9 Å². The molecule has 0 spiro atoms. The van der Waals surface area contributed by atoms with Crippen molar-refractivity contribution in [3.05, 3.63) is 70.2 Å². The first kappa shape index (κ1) is 23.5. The maximum absolute atomic E-state index is 13.7. The number of hydrogen-bond donors (Lipinski definition) is 2. The number of amides is 1. The molecule has 2 heterocycles. The Balaban J connectivity index is 1.89. The number of nitrogens with one attached hydrogen (secondary N) is 2. The van der Waals surface area contributed by atoms with Crippen LogP contribution in [0.5, 0.6) is 11.5 Å². The first-order valence-electron chi connectivity index (χ1n) is 11.3. The summed E-state index contributed by atoms with van der Waals surface area (Å²) in [5.74, 6) is 0.615. The van der Waals surface area contributed by atoms with Crippen molar-refractivity contribution in [1.29, 1.82) is 0 Å². The summed E-state index contributed by atoms with van der Waals surface area (Å²) in [5, 5.41) is 6.30. The summed E-state index contributed by atoms with van der Waals surface area (Å²) in [5.41, 5.74) is 3.97. The van der Waals surface area contributed by atoms with Crippen molar-refractivity contribution in [2.45, 2.75) is 46.5 Å². The van der Waals surface area contributed by atoms with Gasteiger partial charge in [-0.1, -0.05) is 32.0 Å². The van der Waals surface area contributed by atoms with Crippen LogP contribution in [0.15, 0.2) is 58.9 Å². The summed E-state index contributed by atoms with van der Waals surface area (Å²) in [7, 11) is 3.14. The van der Waals surface area contributed by atoms with E-state index in [1.807, 2.05) is 38.1 Å². The molecular formula is C27H31N3O4. The lowest BCUT2D eigenvalue weighted by atomic mass is 9.68. The number of dihydropyridines is 1. The number of allylic oxidation sites excluding steroid dienone is 3. The van der Waals surface area contributed by atoms with E-state index in [1.165, 1.54) is 0 Å². The van der Waals surface area contributed by atoms with Gasteiger partial charge in [0, 0.05) is 40.2 Å². The highest BCUT2D eigenvalue weighted by Crippen LogP contribution is 2.50. The highest BCUT2D eigenvalue weighted by molar-refractivity contribution is 6.09. The fraction of sp³-hybridized carbons (Fsp3) is 0.370. The van der Waals surface area contributed by atoms with Gasteiger partial charge in [-0.2, -0.15) is 0 Å². The molecule has 0 saturated heterocycles. The number of para-hydroxylation sites is 1. The number of methoxy groups -OCH3 is 2. The van der Waals surface area contributed by atoms with Crippen LogP contribution >= 0.6 is 0 Å². The Kier molecular flexibility index (Phi) is 6.21. The second-order valence-electron chi connectivity index (χ2n) is 9.63.